The fourth-order valence-corrected chi connectivity index (χ4v) is 3.00. The van der Waals surface area contributed by atoms with Crippen molar-refractivity contribution in [3.8, 4) is 0 Å². The summed E-state index contributed by atoms with van der Waals surface area (Å²) in [4.78, 5) is 4.79. The molecule has 0 amide bonds. The summed E-state index contributed by atoms with van der Waals surface area (Å²) in [6, 6.07) is 19.8. The highest BCUT2D eigenvalue weighted by Gasteiger charge is 2.46. The van der Waals surface area contributed by atoms with Gasteiger partial charge >= 0.3 is 0 Å². The molecule has 1 N–H and O–H groups in total. The lowest BCUT2D eigenvalue weighted by Gasteiger charge is -2.27. The van der Waals surface area contributed by atoms with E-state index in [-0.39, 0.29) is 5.54 Å². The van der Waals surface area contributed by atoms with Crippen LogP contribution in [0.25, 0.3) is 0 Å². The second kappa shape index (κ2) is 4.57. The van der Waals surface area contributed by atoms with Crippen molar-refractivity contribution in [1.29, 1.82) is 0 Å². The molecule has 0 aliphatic carbocycles. The van der Waals surface area contributed by atoms with E-state index in [1.54, 1.807) is 0 Å². The molecule has 0 fully saturated rings. The molecule has 0 spiro atoms. The number of nitrogens with zero attached hydrogens (tertiary/aromatic N) is 1. The van der Waals surface area contributed by atoms with Crippen LogP contribution >= 0.6 is 0 Å². The molecular formula is C18H19NO. The van der Waals surface area contributed by atoms with E-state index in [4.69, 9.17) is 4.99 Å². The minimum atomic E-state index is -1.01. The summed E-state index contributed by atoms with van der Waals surface area (Å²) in [5, 5.41) is 11.3. The summed E-state index contributed by atoms with van der Waals surface area (Å²) >= 11 is 0. The molecule has 3 rings (SSSR count). The molecule has 1 aliphatic rings. The summed E-state index contributed by atoms with van der Waals surface area (Å²) in [5.41, 5.74) is 1.41. The monoisotopic (exact) mass is 265 g/mol. The summed E-state index contributed by atoms with van der Waals surface area (Å²) in [5.74, 6) is 0. The second-order valence-electron chi connectivity index (χ2n) is 6.04. The van der Waals surface area contributed by atoms with Crippen molar-refractivity contribution >= 4 is 5.71 Å². The second-order valence-corrected chi connectivity index (χ2v) is 6.04. The maximum absolute atomic E-state index is 11.3. The SMILES string of the molecule is CC1(C)CC(O)(c2ccccc2)C(c2ccccc2)=N1. The van der Waals surface area contributed by atoms with Gasteiger partial charge in [0.25, 0.3) is 0 Å². The van der Waals surface area contributed by atoms with Crippen LogP contribution in [0.15, 0.2) is 65.7 Å². The number of hydrogen-bond donors (Lipinski definition) is 1. The first-order valence-corrected chi connectivity index (χ1v) is 6.95. The topological polar surface area (TPSA) is 32.6 Å². The number of aliphatic hydroxyl groups is 1. The predicted molar refractivity (Wildman–Crippen MR) is 82.0 cm³/mol. The van der Waals surface area contributed by atoms with Crippen molar-refractivity contribution in [1.82, 2.24) is 0 Å². The van der Waals surface area contributed by atoms with Crippen LogP contribution in [-0.2, 0) is 5.60 Å². The third-order valence-corrected chi connectivity index (χ3v) is 3.79. The van der Waals surface area contributed by atoms with Gasteiger partial charge in [-0.25, -0.2) is 0 Å². The van der Waals surface area contributed by atoms with E-state index >= 15 is 0 Å². The van der Waals surface area contributed by atoms with Crippen molar-refractivity contribution in [2.45, 2.75) is 31.4 Å². The van der Waals surface area contributed by atoms with Crippen LogP contribution in [0.4, 0.5) is 0 Å². The molecule has 20 heavy (non-hydrogen) atoms. The lowest BCUT2D eigenvalue weighted by Crippen LogP contribution is -2.34. The molecule has 2 nitrogen and oxygen atoms in total. The van der Waals surface area contributed by atoms with E-state index in [2.05, 4.69) is 13.8 Å². The van der Waals surface area contributed by atoms with Crippen molar-refractivity contribution in [3.63, 3.8) is 0 Å². The molecule has 1 heterocycles. The van der Waals surface area contributed by atoms with Crippen LogP contribution < -0.4 is 0 Å². The van der Waals surface area contributed by atoms with Gasteiger partial charge in [-0.2, -0.15) is 0 Å². The standard InChI is InChI=1S/C18H19NO/c1-17(2)13-18(20,15-11-7-4-8-12-15)16(19-17)14-9-5-3-6-10-14/h3-12,20H,13H2,1-2H3. The minimum absolute atomic E-state index is 0.254. The molecule has 1 aliphatic heterocycles. The van der Waals surface area contributed by atoms with Gasteiger partial charge in [0.05, 0.1) is 11.3 Å². The highest BCUT2D eigenvalue weighted by molar-refractivity contribution is 6.08. The van der Waals surface area contributed by atoms with Gasteiger partial charge in [0, 0.05) is 6.42 Å². The van der Waals surface area contributed by atoms with E-state index in [1.807, 2.05) is 60.7 Å². The quantitative estimate of drug-likeness (QED) is 0.885. The third-order valence-electron chi connectivity index (χ3n) is 3.79. The molecule has 0 radical (unpaired) electrons. The fourth-order valence-electron chi connectivity index (χ4n) is 3.00. The number of aliphatic imine (C=N–C) groups is 1. The largest absolute Gasteiger partial charge is 0.379 e. The van der Waals surface area contributed by atoms with Crippen LogP contribution in [-0.4, -0.2) is 16.4 Å². The zero-order valence-corrected chi connectivity index (χ0v) is 11.9. The van der Waals surface area contributed by atoms with Crippen molar-refractivity contribution in [2.24, 2.45) is 4.99 Å². The average molecular weight is 265 g/mol. The molecule has 0 saturated carbocycles. The lowest BCUT2D eigenvalue weighted by molar-refractivity contribution is 0.0963. The maximum atomic E-state index is 11.3. The Morgan fingerprint density at radius 1 is 0.900 bits per heavy atom. The third kappa shape index (κ3) is 2.16. The van der Waals surface area contributed by atoms with Gasteiger partial charge in [0.1, 0.15) is 5.60 Å². The number of hydrogen-bond acceptors (Lipinski definition) is 2. The van der Waals surface area contributed by atoms with Gasteiger partial charge in [0.2, 0.25) is 0 Å². The van der Waals surface area contributed by atoms with Crippen LogP contribution in [0.1, 0.15) is 31.4 Å². The van der Waals surface area contributed by atoms with Crippen LogP contribution in [0.3, 0.4) is 0 Å². The molecule has 1 atom stereocenters. The zero-order valence-electron chi connectivity index (χ0n) is 11.9. The maximum Gasteiger partial charge on any atom is 0.134 e. The fraction of sp³-hybridized carbons (Fsp3) is 0.278. The van der Waals surface area contributed by atoms with E-state index < -0.39 is 5.60 Å². The molecule has 0 aromatic heterocycles. The Bertz CT molecular complexity index is 631. The summed E-state index contributed by atoms with van der Waals surface area (Å²) < 4.78 is 0. The Labute approximate surface area is 119 Å². The normalized spacial score (nSPS) is 24.4. The lowest BCUT2D eigenvalue weighted by atomic mass is 9.81. The van der Waals surface area contributed by atoms with E-state index in [0.717, 1.165) is 16.8 Å². The smallest absolute Gasteiger partial charge is 0.134 e. The van der Waals surface area contributed by atoms with E-state index in [9.17, 15) is 5.11 Å². The highest BCUT2D eigenvalue weighted by atomic mass is 16.3. The predicted octanol–water partition coefficient (Wildman–Crippen LogP) is 3.55. The van der Waals surface area contributed by atoms with Crippen LogP contribution in [0.5, 0.6) is 0 Å². The first-order valence-electron chi connectivity index (χ1n) is 6.95. The van der Waals surface area contributed by atoms with Crippen molar-refractivity contribution < 1.29 is 5.11 Å². The molecule has 2 aromatic rings. The zero-order chi connectivity index (χ0) is 14.2. The Kier molecular flexibility index (Phi) is 2.98. The van der Waals surface area contributed by atoms with Gasteiger partial charge < -0.3 is 5.11 Å². The van der Waals surface area contributed by atoms with Crippen molar-refractivity contribution in [3.05, 3.63) is 71.8 Å². The summed E-state index contributed by atoms with van der Waals surface area (Å²) in [6.45, 7) is 4.13. The number of rotatable bonds is 2. The van der Waals surface area contributed by atoms with Crippen LogP contribution in [0, 0.1) is 0 Å². The van der Waals surface area contributed by atoms with Crippen LogP contribution in [0.2, 0.25) is 0 Å². The Morgan fingerprint density at radius 2 is 1.45 bits per heavy atom. The number of benzene rings is 2. The molecular weight excluding hydrogens is 246 g/mol. The van der Waals surface area contributed by atoms with E-state index in [1.165, 1.54) is 0 Å². The Hall–Kier alpha value is -1.93. The first kappa shape index (κ1) is 13.1. The summed E-state index contributed by atoms with van der Waals surface area (Å²) in [7, 11) is 0. The first-order chi connectivity index (χ1) is 9.51. The van der Waals surface area contributed by atoms with Gasteiger partial charge in [-0.05, 0) is 25.0 Å². The minimum Gasteiger partial charge on any atom is -0.379 e. The van der Waals surface area contributed by atoms with Gasteiger partial charge in [-0.3, -0.25) is 4.99 Å². The van der Waals surface area contributed by atoms with Gasteiger partial charge in [-0.15, -0.1) is 0 Å². The molecule has 2 aromatic carbocycles. The molecule has 0 saturated heterocycles. The molecule has 0 bridgehead atoms. The Morgan fingerprint density at radius 3 is 2.05 bits per heavy atom. The molecule has 102 valence electrons. The summed E-state index contributed by atoms with van der Waals surface area (Å²) in [6.07, 6.45) is 0.605. The highest BCUT2D eigenvalue weighted by Crippen LogP contribution is 2.42. The van der Waals surface area contributed by atoms with Gasteiger partial charge in [0.15, 0.2) is 0 Å². The average Bonchev–Trinajstić information content (AvgIpc) is 2.72. The van der Waals surface area contributed by atoms with E-state index in [0.29, 0.717) is 6.42 Å². The van der Waals surface area contributed by atoms with Gasteiger partial charge in [-0.1, -0.05) is 60.7 Å². The molecule has 1 unspecified atom stereocenters. The van der Waals surface area contributed by atoms with Crippen molar-refractivity contribution in [2.75, 3.05) is 0 Å². The molecule has 2 heteroatoms. The Balaban J connectivity index is 2.14.